The molecule has 2 rings (SSSR count). The fourth-order valence-corrected chi connectivity index (χ4v) is 2.71. The standard InChI is InChI=1S/C15H22N2O4S/c1-16(22(2,19)20)12-15(18)17-9-8-14(21-11-10-17)13-6-4-3-5-7-13/h3-7,14H,8-12H2,1-2H3. The average Bonchev–Trinajstić information content (AvgIpc) is 2.73. The molecule has 7 heteroatoms. The number of rotatable bonds is 4. The third-order valence-electron chi connectivity index (χ3n) is 3.79. The molecule has 1 aromatic carbocycles. The van der Waals surface area contributed by atoms with Crippen molar-refractivity contribution in [2.24, 2.45) is 0 Å². The average molecular weight is 326 g/mol. The van der Waals surface area contributed by atoms with Gasteiger partial charge in [-0.2, -0.15) is 4.31 Å². The van der Waals surface area contributed by atoms with Crippen molar-refractivity contribution in [1.29, 1.82) is 0 Å². The molecule has 6 nitrogen and oxygen atoms in total. The molecule has 1 atom stereocenters. The van der Waals surface area contributed by atoms with Crippen LogP contribution in [-0.4, -0.2) is 63.1 Å². The number of carbonyl (C=O) groups is 1. The lowest BCUT2D eigenvalue weighted by molar-refractivity contribution is -0.131. The lowest BCUT2D eigenvalue weighted by Crippen LogP contribution is -2.41. The summed E-state index contributed by atoms with van der Waals surface area (Å²) in [5.41, 5.74) is 1.10. The fraction of sp³-hybridized carbons (Fsp3) is 0.533. The lowest BCUT2D eigenvalue weighted by Gasteiger charge is -2.22. The minimum atomic E-state index is -3.34. The summed E-state index contributed by atoms with van der Waals surface area (Å²) < 4.78 is 29.7. The molecule has 1 saturated heterocycles. The maximum Gasteiger partial charge on any atom is 0.237 e. The number of hydrogen-bond acceptors (Lipinski definition) is 4. The van der Waals surface area contributed by atoms with E-state index < -0.39 is 10.0 Å². The van der Waals surface area contributed by atoms with E-state index in [9.17, 15) is 13.2 Å². The van der Waals surface area contributed by atoms with Crippen LogP contribution in [0.2, 0.25) is 0 Å². The van der Waals surface area contributed by atoms with Gasteiger partial charge in [-0.1, -0.05) is 30.3 Å². The molecule has 1 aliphatic rings. The van der Waals surface area contributed by atoms with Gasteiger partial charge in [0, 0.05) is 20.1 Å². The molecular formula is C15H22N2O4S. The molecule has 1 aromatic rings. The van der Waals surface area contributed by atoms with Crippen LogP contribution in [0.3, 0.4) is 0 Å². The highest BCUT2D eigenvalue weighted by atomic mass is 32.2. The highest BCUT2D eigenvalue weighted by Crippen LogP contribution is 2.23. The third-order valence-corrected chi connectivity index (χ3v) is 5.05. The molecule has 0 aliphatic carbocycles. The number of nitrogens with zero attached hydrogens (tertiary/aromatic N) is 2. The molecule has 1 aliphatic heterocycles. The first-order valence-corrected chi connectivity index (χ1v) is 9.08. The Morgan fingerprint density at radius 1 is 1.32 bits per heavy atom. The molecule has 0 bridgehead atoms. The topological polar surface area (TPSA) is 66.9 Å². The van der Waals surface area contributed by atoms with E-state index >= 15 is 0 Å². The Hall–Kier alpha value is -1.44. The summed E-state index contributed by atoms with van der Waals surface area (Å²) in [5.74, 6) is -0.190. The first-order chi connectivity index (χ1) is 10.4. The van der Waals surface area contributed by atoms with E-state index in [0.717, 1.165) is 16.1 Å². The van der Waals surface area contributed by atoms with Crippen molar-refractivity contribution in [3.63, 3.8) is 0 Å². The maximum absolute atomic E-state index is 12.2. The second-order valence-corrected chi connectivity index (χ2v) is 7.55. The van der Waals surface area contributed by atoms with Gasteiger partial charge in [0.15, 0.2) is 0 Å². The van der Waals surface area contributed by atoms with Crippen LogP contribution in [0.25, 0.3) is 0 Å². The largest absolute Gasteiger partial charge is 0.372 e. The molecule has 0 N–H and O–H groups in total. The number of likely N-dealkylation sites (N-methyl/N-ethyl adjacent to an activating group) is 1. The highest BCUT2D eigenvalue weighted by Gasteiger charge is 2.24. The number of benzene rings is 1. The molecule has 1 amide bonds. The van der Waals surface area contributed by atoms with Gasteiger partial charge >= 0.3 is 0 Å². The van der Waals surface area contributed by atoms with E-state index in [0.29, 0.717) is 26.1 Å². The van der Waals surface area contributed by atoms with E-state index in [-0.39, 0.29) is 18.6 Å². The predicted octanol–water partition coefficient (Wildman–Crippen LogP) is 0.868. The Bertz CT molecular complexity index is 603. The summed E-state index contributed by atoms with van der Waals surface area (Å²) in [6.07, 6.45) is 1.78. The van der Waals surface area contributed by atoms with Crippen molar-refractivity contribution in [2.45, 2.75) is 12.5 Å². The van der Waals surface area contributed by atoms with Crippen LogP contribution in [0.4, 0.5) is 0 Å². The fourth-order valence-electron chi connectivity index (χ4n) is 2.36. The second-order valence-electron chi connectivity index (χ2n) is 5.46. The molecule has 22 heavy (non-hydrogen) atoms. The number of hydrogen-bond donors (Lipinski definition) is 0. The quantitative estimate of drug-likeness (QED) is 0.823. The third kappa shape index (κ3) is 4.53. The van der Waals surface area contributed by atoms with Crippen molar-refractivity contribution in [1.82, 2.24) is 9.21 Å². The highest BCUT2D eigenvalue weighted by molar-refractivity contribution is 7.88. The first-order valence-electron chi connectivity index (χ1n) is 7.23. The zero-order chi connectivity index (χ0) is 16.2. The molecule has 0 aromatic heterocycles. The maximum atomic E-state index is 12.2. The van der Waals surface area contributed by atoms with Crippen LogP contribution in [0, 0.1) is 0 Å². The number of carbonyl (C=O) groups excluding carboxylic acids is 1. The minimum absolute atomic E-state index is 0.0216. The van der Waals surface area contributed by atoms with E-state index in [2.05, 4.69) is 0 Å². The van der Waals surface area contributed by atoms with Gasteiger partial charge in [0.2, 0.25) is 15.9 Å². The summed E-state index contributed by atoms with van der Waals surface area (Å²) >= 11 is 0. The van der Waals surface area contributed by atoms with Crippen molar-refractivity contribution >= 4 is 15.9 Å². The van der Waals surface area contributed by atoms with E-state index in [1.165, 1.54) is 7.05 Å². The van der Waals surface area contributed by atoms with Gasteiger partial charge < -0.3 is 9.64 Å². The minimum Gasteiger partial charge on any atom is -0.372 e. The van der Waals surface area contributed by atoms with E-state index in [1.54, 1.807) is 4.90 Å². The lowest BCUT2D eigenvalue weighted by atomic mass is 10.1. The zero-order valence-corrected chi connectivity index (χ0v) is 13.8. The van der Waals surface area contributed by atoms with Crippen LogP contribution in [0.1, 0.15) is 18.1 Å². The SMILES string of the molecule is CN(CC(=O)N1CCOC(c2ccccc2)CC1)S(C)(=O)=O. The molecule has 1 unspecified atom stereocenters. The van der Waals surface area contributed by atoms with Crippen LogP contribution in [0.5, 0.6) is 0 Å². The van der Waals surface area contributed by atoms with Crippen LogP contribution in [0.15, 0.2) is 30.3 Å². The monoisotopic (exact) mass is 326 g/mol. The predicted molar refractivity (Wildman–Crippen MR) is 83.8 cm³/mol. The Morgan fingerprint density at radius 2 is 2.00 bits per heavy atom. The van der Waals surface area contributed by atoms with Crippen molar-refractivity contribution in [3.05, 3.63) is 35.9 Å². The van der Waals surface area contributed by atoms with Crippen LogP contribution >= 0.6 is 0 Å². The summed E-state index contributed by atoms with van der Waals surface area (Å²) in [5, 5.41) is 0. The van der Waals surface area contributed by atoms with Crippen molar-refractivity contribution in [3.8, 4) is 0 Å². The van der Waals surface area contributed by atoms with Gasteiger partial charge in [-0.25, -0.2) is 8.42 Å². The zero-order valence-electron chi connectivity index (χ0n) is 12.9. The summed E-state index contributed by atoms with van der Waals surface area (Å²) in [6.45, 7) is 1.37. The van der Waals surface area contributed by atoms with Crippen LogP contribution < -0.4 is 0 Å². The van der Waals surface area contributed by atoms with Gasteiger partial charge in [0.25, 0.3) is 0 Å². The molecule has 1 heterocycles. The molecule has 1 fully saturated rings. The smallest absolute Gasteiger partial charge is 0.237 e. The number of sulfonamides is 1. The number of amides is 1. The van der Waals surface area contributed by atoms with Gasteiger partial charge in [0.1, 0.15) is 0 Å². The number of ether oxygens (including phenoxy) is 1. The van der Waals surface area contributed by atoms with E-state index in [1.807, 2.05) is 30.3 Å². The van der Waals surface area contributed by atoms with Gasteiger partial charge in [0.05, 0.1) is 25.5 Å². The molecule has 0 spiro atoms. The van der Waals surface area contributed by atoms with Crippen molar-refractivity contribution in [2.75, 3.05) is 39.5 Å². The van der Waals surface area contributed by atoms with Crippen LogP contribution in [-0.2, 0) is 19.6 Å². The van der Waals surface area contributed by atoms with Gasteiger partial charge in [-0.05, 0) is 12.0 Å². The Labute approximate surface area is 131 Å². The van der Waals surface area contributed by atoms with Crippen molar-refractivity contribution < 1.29 is 17.9 Å². The summed E-state index contributed by atoms with van der Waals surface area (Å²) in [6, 6.07) is 9.91. The van der Waals surface area contributed by atoms with Gasteiger partial charge in [-0.15, -0.1) is 0 Å². The van der Waals surface area contributed by atoms with E-state index in [4.69, 9.17) is 4.74 Å². The molecule has 0 radical (unpaired) electrons. The second kappa shape index (κ2) is 7.21. The normalized spacial score (nSPS) is 20.0. The van der Waals surface area contributed by atoms with Gasteiger partial charge in [-0.3, -0.25) is 4.79 Å². The summed E-state index contributed by atoms with van der Waals surface area (Å²) in [7, 11) is -1.93. The molecular weight excluding hydrogens is 304 g/mol. The summed E-state index contributed by atoms with van der Waals surface area (Å²) in [4.78, 5) is 13.9. The molecule has 122 valence electrons. The first kappa shape index (κ1) is 16.9. The Balaban J connectivity index is 1.94. The Morgan fingerprint density at radius 3 is 2.64 bits per heavy atom. The molecule has 0 saturated carbocycles. The Kier molecular flexibility index (Phi) is 5.55.